The number of Topliss-reactive ketones (excluding diaryl/α,β-unsaturated/α-hetero) is 1. The van der Waals surface area contributed by atoms with Gasteiger partial charge in [0.2, 0.25) is 0 Å². The standard InChI is InChI=1S/C30H31NO5/c1-6-36-23-14-10-21(11-15-23)27-26(28(32)24-17-19(4)7-16-25(24)35-5)29(33)30(34)31(27)22-12-8-20(9-13-22)18(2)3/h7-18,27,32H,6H2,1-5H3/b28-26+. The molecule has 1 N–H and O–H groups in total. The Morgan fingerprint density at radius 1 is 1.00 bits per heavy atom. The molecule has 3 aromatic carbocycles. The highest BCUT2D eigenvalue weighted by molar-refractivity contribution is 6.51. The Bertz CT molecular complexity index is 1310. The van der Waals surface area contributed by atoms with Crippen molar-refractivity contribution in [1.29, 1.82) is 0 Å². The van der Waals surface area contributed by atoms with Crippen LogP contribution in [0.2, 0.25) is 0 Å². The third-order valence-corrected chi connectivity index (χ3v) is 6.40. The predicted molar refractivity (Wildman–Crippen MR) is 141 cm³/mol. The molecule has 0 bridgehead atoms. The average Bonchev–Trinajstić information content (AvgIpc) is 3.14. The molecule has 0 saturated carbocycles. The number of aryl methyl sites for hydroxylation is 1. The van der Waals surface area contributed by atoms with Crippen molar-refractivity contribution in [3.63, 3.8) is 0 Å². The molecule has 36 heavy (non-hydrogen) atoms. The van der Waals surface area contributed by atoms with Gasteiger partial charge in [0.1, 0.15) is 17.3 Å². The van der Waals surface area contributed by atoms with Crippen molar-refractivity contribution in [2.75, 3.05) is 18.6 Å². The molecule has 0 aliphatic carbocycles. The minimum atomic E-state index is -0.823. The first-order chi connectivity index (χ1) is 17.3. The minimum Gasteiger partial charge on any atom is -0.507 e. The van der Waals surface area contributed by atoms with Crippen LogP contribution in [0, 0.1) is 6.92 Å². The smallest absolute Gasteiger partial charge is 0.300 e. The number of benzene rings is 3. The first-order valence-electron chi connectivity index (χ1n) is 12.1. The highest BCUT2D eigenvalue weighted by Gasteiger charge is 2.47. The van der Waals surface area contributed by atoms with Gasteiger partial charge in [0.15, 0.2) is 0 Å². The van der Waals surface area contributed by atoms with Crippen LogP contribution in [0.3, 0.4) is 0 Å². The van der Waals surface area contributed by atoms with Crippen LogP contribution in [0.1, 0.15) is 55.0 Å². The van der Waals surface area contributed by atoms with Gasteiger partial charge in [0, 0.05) is 5.69 Å². The van der Waals surface area contributed by atoms with Crippen LogP contribution >= 0.6 is 0 Å². The number of hydrogen-bond acceptors (Lipinski definition) is 5. The molecule has 4 rings (SSSR count). The summed E-state index contributed by atoms with van der Waals surface area (Å²) in [6.45, 7) is 8.49. The molecule has 186 valence electrons. The van der Waals surface area contributed by atoms with E-state index in [0.717, 1.165) is 11.1 Å². The lowest BCUT2D eigenvalue weighted by molar-refractivity contribution is -0.132. The van der Waals surface area contributed by atoms with Crippen molar-refractivity contribution >= 4 is 23.1 Å². The number of amides is 1. The van der Waals surface area contributed by atoms with Crippen molar-refractivity contribution < 1.29 is 24.2 Å². The Labute approximate surface area is 211 Å². The Hall–Kier alpha value is -4.06. The van der Waals surface area contributed by atoms with Gasteiger partial charge >= 0.3 is 0 Å². The summed E-state index contributed by atoms with van der Waals surface area (Å²) in [6, 6.07) is 19.3. The summed E-state index contributed by atoms with van der Waals surface area (Å²) in [5, 5.41) is 11.5. The predicted octanol–water partition coefficient (Wildman–Crippen LogP) is 6.15. The fourth-order valence-electron chi connectivity index (χ4n) is 4.50. The molecule has 0 radical (unpaired) electrons. The number of rotatable bonds is 7. The van der Waals surface area contributed by atoms with Crippen LogP contribution in [0.15, 0.2) is 72.3 Å². The number of hydrogen-bond donors (Lipinski definition) is 1. The number of anilines is 1. The fraction of sp³-hybridized carbons (Fsp3) is 0.267. The van der Waals surface area contributed by atoms with E-state index < -0.39 is 17.7 Å². The molecule has 0 aromatic heterocycles. The van der Waals surface area contributed by atoms with Gasteiger partial charge < -0.3 is 14.6 Å². The Morgan fingerprint density at radius 3 is 2.25 bits per heavy atom. The van der Waals surface area contributed by atoms with E-state index in [1.54, 1.807) is 24.3 Å². The van der Waals surface area contributed by atoms with Crippen molar-refractivity contribution in [3.8, 4) is 11.5 Å². The van der Waals surface area contributed by atoms with E-state index in [0.29, 0.717) is 40.8 Å². The number of methoxy groups -OCH3 is 1. The number of carbonyl (C=O) groups is 2. The third kappa shape index (κ3) is 4.59. The molecule has 1 unspecified atom stereocenters. The summed E-state index contributed by atoms with van der Waals surface area (Å²) >= 11 is 0. The molecular formula is C30H31NO5. The molecule has 1 fully saturated rings. The van der Waals surface area contributed by atoms with E-state index in [-0.39, 0.29) is 11.3 Å². The van der Waals surface area contributed by atoms with E-state index >= 15 is 0 Å². The minimum absolute atomic E-state index is 0.0148. The molecule has 1 aliphatic rings. The van der Waals surface area contributed by atoms with Crippen LogP contribution < -0.4 is 14.4 Å². The van der Waals surface area contributed by atoms with E-state index in [9.17, 15) is 14.7 Å². The molecule has 6 heteroatoms. The second kappa shape index (κ2) is 10.3. The lowest BCUT2D eigenvalue weighted by Gasteiger charge is -2.26. The van der Waals surface area contributed by atoms with Crippen LogP contribution in [0.5, 0.6) is 11.5 Å². The van der Waals surface area contributed by atoms with Crippen LogP contribution in [0.25, 0.3) is 5.76 Å². The zero-order valence-electron chi connectivity index (χ0n) is 21.2. The number of aliphatic hydroxyl groups is 1. The summed E-state index contributed by atoms with van der Waals surface area (Å²) < 4.78 is 11.0. The first-order valence-corrected chi connectivity index (χ1v) is 12.1. The summed E-state index contributed by atoms with van der Waals surface area (Å²) in [6.07, 6.45) is 0. The quantitative estimate of drug-likeness (QED) is 0.247. The van der Waals surface area contributed by atoms with Crippen molar-refractivity contribution in [2.24, 2.45) is 0 Å². The molecule has 6 nitrogen and oxygen atoms in total. The van der Waals surface area contributed by atoms with Crippen molar-refractivity contribution in [3.05, 3.63) is 94.6 Å². The van der Waals surface area contributed by atoms with Gasteiger partial charge in [0.25, 0.3) is 11.7 Å². The number of nitrogens with zero attached hydrogens (tertiary/aromatic N) is 1. The average molecular weight is 486 g/mol. The SMILES string of the molecule is CCOc1ccc(C2/C(=C(\O)c3cc(C)ccc3OC)C(=O)C(=O)N2c2ccc(C(C)C)cc2)cc1. The van der Waals surface area contributed by atoms with Crippen LogP contribution in [0.4, 0.5) is 5.69 Å². The van der Waals surface area contributed by atoms with E-state index in [4.69, 9.17) is 9.47 Å². The molecule has 1 aliphatic heterocycles. The number of ether oxygens (including phenoxy) is 2. The maximum absolute atomic E-state index is 13.4. The highest BCUT2D eigenvalue weighted by atomic mass is 16.5. The molecule has 0 spiro atoms. The molecule has 1 saturated heterocycles. The monoisotopic (exact) mass is 485 g/mol. The maximum Gasteiger partial charge on any atom is 0.300 e. The van der Waals surface area contributed by atoms with Gasteiger partial charge in [-0.3, -0.25) is 14.5 Å². The lowest BCUT2D eigenvalue weighted by Crippen LogP contribution is -2.29. The summed E-state index contributed by atoms with van der Waals surface area (Å²) in [5.74, 6) is -0.294. The summed E-state index contributed by atoms with van der Waals surface area (Å²) in [4.78, 5) is 28.3. The van der Waals surface area contributed by atoms with E-state index in [2.05, 4.69) is 13.8 Å². The molecule has 1 atom stereocenters. The molecule has 1 heterocycles. The second-order valence-electron chi connectivity index (χ2n) is 9.12. The number of aliphatic hydroxyl groups excluding tert-OH is 1. The lowest BCUT2D eigenvalue weighted by atomic mass is 9.94. The van der Waals surface area contributed by atoms with Crippen LogP contribution in [-0.2, 0) is 9.59 Å². The summed E-state index contributed by atoms with van der Waals surface area (Å²) in [5.41, 5.74) is 3.64. The number of ketones is 1. The Kier molecular flexibility index (Phi) is 7.15. The zero-order valence-corrected chi connectivity index (χ0v) is 21.2. The van der Waals surface area contributed by atoms with Crippen molar-refractivity contribution in [1.82, 2.24) is 0 Å². The largest absolute Gasteiger partial charge is 0.507 e. The second-order valence-corrected chi connectivity index (χ2v) is 9.12. The molecule has 3 aromatic rings. The van der Waals surface area contributed by atoms with Crippen LogP contribution in [-0.4, -0.2) is 30.5 Å². The zero-order chi connectivity index (χ0) is 26.0. The van der Waals surface area contributed by atoms with Crippen molar-refractivity contribution in [2.45, 2.75) is 39.7 Å². The molecular weight excluding hydrogens is 454 g/mol. The fourth-order valence-corrected chi connectivity index (χ4v) is 4.50. The molecule has 1 amide bonds. The van der Waals surface area contributed by atoms with Gasteiger partial charge in [-0.1, -0.05) is 49.7 Å². The van der Waals surface area contributed by atoms with E-state index in [1.165, 1.54) is 12.0 Å². The third-order valence-electron chi connectivity index (χ3n) is 6.40. The Balaban J connectivity index is 1.92. The van der Waals surface area contributed by atoms with Gasteiger partial charge in [-0.2, -0.15) is 0 Å². The topological polar surface area (TPSA) is 76.1 Å². The first kappa shape index (κ1) is 25.0. The van der Waals surface area contributed by atoms with Gasteiger partial charge in [-0.05, 0) is 67.3 Å². The highest BCUT2D eigenvalue weighted by Crippen LogP contribution is 2.43. The van der Waals surface area contributed by atoms with E-state index in [1.807, 2.05) is 56.3 Å². The maximum atomic E-state index is 13.4. The van der Waals surface area contributed by atoms with Gasteiger partial charge in [0.05, 0.1) is 30.9 Å². The number of carbonyl (C=O) groups excluding carboxylic acids is 2. The van der Waals surface area contributed by atoms with Gasteiger partial charge in [-0.25, -0.2) is 0 Å². The normalized spacial score (nSPS) is 17.1. The van der Waals surface area contributed by atoms with Gasteiger partial charge in [-0.15, -0.1) is 0 Å². The summed E-state index contributed by atoms with van der Waals surface area (Å²) in [7, 11) is 1.50. The Morgan fingerprint density at radius 2 is 1.67 bits per heavy atom.